The molecule has 2 rings (SSSR count). The van der Waals surface area contributed by atoms with Gasteiger partial charge in [-0.1, -0.05) is 17.7 Å². The average molecular weight is 475 g/mol. The number of sulfonamides is 1. The molecule has 0 spiro atoms. The van der Waals surface area contributed by atoms with Crippen LogP contribution < -0.4 is 14.2 Å². The maximum absolute atomic E-state index is 13.1. The van der Waals surface area contributed by atoms with Crippen LogP contribution in [0, 0.1) is 6.92 Å². The summed E-state index contributed by atoms with van der Waals surface area (Å²) in [6.07, 6.45) is -8.79. The highest BCUT2D eigenvalue weighted by Crippen LogP contribution is 2.31. The van der Waals surface area contributed by atoms with Gasteiger partial charge in [-0.25, -0.2) is 17.2 Å². The van der Waals surface area contributed by atoms with Gasteiger partial charge in [0, 0.05) is 18.2 Å². The highest BCUT2D eigenvalue weighted by atomic mass is 32.2. The maximum atomic E-state index is 13.1. The highest BCUT2D eigenvalue weighted by molar-refractivity contribution is 7.92. The Kier molecular flexibility index (Phi) is 7.29. The van der Waals surface area contributed by atoms with E-state index in [4.69, 9.17) is 0 Å². The molecule has 0 fully saturated rings. The molecule has 0 unspecified atom stereocenters. The van der Waals surface area contributed by atoms with Crippen molar-refractivity contribution in [3.8, 4) is 11.5 Å². The van der Waals surface area contributed by atoms with Crippen molar-refractivity contribution in [1.82, 2.24) is 0 Å². The molecular formula is C18H16F7NO4S. The number of ether oxygens (including phenoxy) is 2. The quantitative estimate of drug-likeness (QED) is 0.518. The summed E-state index contributed by atoms with van der Waals surface area (Å²) in [4.78, 5) is -0.189. The Bertz CT molecular complexity index is 993. The van der Waals surface area contributed by atoms with E-state index in [1.807, 2.05) is 4.72 Å². The monoisotopic (exact) mass is 475 g/mol. The van der Waals surface area contributed by atoms with Gasteiger partial charge in [0.2, 0.25) is 0 Å². The first-order valence-electron chi connectivity index (χ1n) is 8.41. The van der Waals surface area contributed by atoms with Gasteiger partial charge in [0.15, 0.2) is 13.2 Å². The first-order chi connectivity index (χ1) is 14.2. The molecule has 172 valence electrons. The number of hydrogen-bond donors (Lipinski definition) is 1. The van der Waals surface area contributed by atoms with Crippen molar-refractivity contribution in [2.24, 2.45) is 0 Å². The number of halogens is 7. The summed E-state index contributed by atoms with van der Waals surface area (Å²) in [6, 6.07) is 7.96. The lowest BCUT2D eigenvalue weighted by atomic mass is 10.2. The second-order valence-electron chi connectivity index (χ2n) is 6.37. The molecule has 0 amide bonds. The third-order valence-electron chi connectivity index (χ3n) is 3.62. The third kappa shape index (κ3) is 7.49. The molecule has 31 heavy (non-hydrogen) atoms. The molecule has 2 aromatic carbocycles. The molecule has 1 N–H and O–H groups in total. The number of nitrogens with one attached hydrogen (secondary N) is 1. The van der Waals surface area contributed by atoms with Crippen molar-refractivity contribution in [2.75, 3.05) is 17.9 Å². The van der Waals surface area contributed by atoms with Crippen molar-refractivity contribution >= 4 is 15.7 Å². The Labute approximate surface area is 172 Å². The Morgan fingerprint density at radius 2 is 1.42 bits per heavy atom. The summed E-state index contributed by atoms with van der Waals surface area (Å²) in [7, 11) is -4.22. The second-order valence-corrected chi connectivity index (χ2v) is 8.05. The van der Waals surface area contributed by atoms with Crippen LogP contribution in [0.1, 0.15) is 5.56 Å². The van der Waals surface area contributed by atoms with Crippen molar-refractivity contribution in [2.45, 2.75) is 30.3 Å². The Hall–Kier alpha value is -2.70. The van der Waals surface area contributed by atoms with E-state index in [2.05, 4.69) is 9.47 Å². The zero-order valence-corrected chi connectivity index (χ0v) is 16.5. The van der Waals surface area contributed by atoms with E-state index >= 15 is 0 Å². The number of benzene rings is 2. The molecule has 0 bridgehead atoms. The lowest BCUT2D eigenvalue weighted by molar-refractivity contribution is -0.153. The standard InChI is InChI=1S/C18H16F7NO4S/c1-11-2-4-15(5-3-11)31(27,28)26-12-6-13(29-9-17(21,22)16(19)20)8-14(7-12)30-10-18(23,24)25/h2-8,16,26H,9-10H2,1H3. The topological polar surface area (TPSA) is 64.6 Å². The fraction of sp³-hybridized carbons (Fsp3) is 0.333. The van der Waals surface area contributed by atoms with E-state index in [9.17, 15) is 39.2 Å². The summed E-state index contributed by atoms with van der Waals surface area (Å²) in [5, 5.41) is 0. The fourth-order valence-corrected chi connectivity index (χ4v) is 3.18. The van der Waals surface area contributed by atoms with Crippen LogP contribution in [-0.4, -0.2) is 40.2 Å². The predicted molar refractivity (Wildman–Crippen MR) is 96.4 cm³/mol. The van der Waals surface area contributed by atoms with E-state index in [-0.39, 0.29) is 4.90 Å². The molecule has 0 aliphatic rings. The summed E-state index contributed by atoms with van der Waals surface area (Å²) < 4.78 is 124. The third-order valence-corrected chi connectivity index (χ3v) is 5.01. The summed E-state index contributed by atoms with van der Waals surface area (Å²) in [5.41, 5.74) is 0.368. The second kappa shape index (κ2) is 9.20. The van der Waals surface area contributed by atoms with Gasteiger partial charge in [0.1, 0.15) is 11.5 Å². The Balaban J connectivity index is 2.32. The zero-order valence-electron chi connectivity index (χ0n) is 15.7. The molecule has 0 saturated carbocycles. The molecule has 0 aliphatic carbocycles. The minimum atomic E-state index is -4.75. The first-order valence-corrected chi connectivity index (χ1v) is 9.89. The molecule has 0 aromatic heterocycles. The van der Waals surface area contributed by atoms with Crippen molar-refractivity contribution in [3.63, 3.8) is 0 Å². The minimum absolute atomic E-state index is 0.189. The van der Waals surface area contributed by atoms with E-state index in [1.165, 1.54) is 24.3 Å². The van der Waals surface area contributed by atoms with Crippen molar-refractivity contribution in [3.05, 3.63) is 48.0 Å². The van der Waals surface area contributed by atoms with Crippen LogP contribution >= 0.6 is 0 Å². The van der Waals surface area contributed by atoms with Crippen LogP contribution in [0.3, 0.4) is 0 Å². The normalized spacial score (nSPS) is 12.7. The van der Waals surface area contributed by atoms with Gasteiger partial charge < -0.3 is 9.47 Å². The van der Waals surface area contributed by atoms with Gasteiger partial charge in [0.25, 0.3) is 10.0 Å². The van der Waals surface area contributed by atoms with E-state index < -0.39 is 58.9 Å². The van der Waals surface area contributed by atoms with Gasteiger partial charge in [-0.15, -0.1) is 0 Å². The summed E-state index contributed by atoms with van der Waals surface area (Å²) in [6.45, 7) is -1.85. The molecule has 13 heteroatoms. The van der Waals surface area contributed by atoms with Crippen molar-refractivity contribution in [1.29, 1.82) is 0 Å². The van der Waals surface area contributed by atoms with Gasteiger partial charge in [-0.3, -0.25) is 4.72 Å². The predicted octanol–water partition coefficient (Wildman–Crippen LogP) is 5.02. The smallest absolute Gasteiger partial charge is 0.422 e. The molecule has 0 aliphatic heterocycles. The summed E-state index contributed by atoms with van der Waals surface area (Å²) >= 11 is 0. The van der Waals surface area contributed by atoms with Gasteiger partial charge in [-0.2, -0.15) is 22.0 Å². The molecule has 2 aromatic rings. The maximum Gasteiger partial charge on any atom is 0.422 e. The largest absolute Gasteiger partial charge is 0.487 e. The van der Waals surface area contributed by atoms with Crippen LogP contribution in [0.15, 0.2) is 47.4 Å². The molecule has 0 atom stereocenters. The highest BCUT2D eigenvalue weighted by Gasteiger charge is 2.41. The van der Waals surface area contributed by atoms with Crippen LogP contribution in [0.4, 0.5) is 36.4 Å². The molecule has 0 radical (unpaired) electrons. The van der Waals surface area contributed by atoms with Crippen molar-refractivity contribution < 1.29 is 48.6 Å². The van der Waals surface area contributed by atoms with E-state index in [0.29, 0.717) is 0 Å². The number of anilines is 1. The van der Waals surface area contributed by atoms with E-state index in [1.54, 1.807) is 6.92 Å². The SMILES string of the molecule is Cc1ccc(S(=O)(=O)Nc2cc(OCC(F)(F)F)cc(OCC(F)(F)C(F)F)c2)cc1. The molecule has 0 heterocycles. The van der Waals surface area contributed by atoms with Gasteiger partial charge in [-0.05, 0) is 19.1 Å². The Morgan fingerprint density at radius 1 is 0.903 bits per heavy atom. The molecule has 0 saturated heterocycles. The number of hydrogen-bond acceptors (Lipinski definition) is 4. The molecular weight excluding hydrogens is 459 g/mol. The molecule has 5 nitrogen and oxygen atoms in total. The zero-order chi connectivity index (χ0) is 23.4. The average Bonchev–Trinajstić information content (AvgIpc) is 2.64. The summed E-state index contributed by atoms with van der Waals surface area (Å²) in [5.74, 6) is -5.73. The lowest BCUT2D eigenvalue weighted by Gasteiger charge is -2.18. The lowest BCUT2D eigenvalue weighted by Crippen LogP contribution is -2.33. The van der Waals surface area contributed by atoms with E-state index in [0.717, 1.165) is 23.8 Å². The Morgan fingerprint density at radius 3 is 1.90 bits per heavy atom. The van der Waals surface area contributed by atoms with Gasteiger partial charge in [0.05, 0.1) is 10.6 Å². The van der Waals surface area contributed by atoms with Crippen LogP contribution in [-0.2, 0) is 10.0 Å². The van der Waals surface area contributed by atoms with Crippen LogP contribution in [0.25, 0.3) is 0 Å². The number of rotatable bonds is 9. The minimum Gasteiger partial charge on any atom is -0.487 e. The van der Waals surface area contributed by atoms with Crippen LogP contribution in [0.2, 0.25) is 0 Å². The van der Waals surface area contributed by atoms with Crippen LogP contribution in [0.5, 0.6) is 11.5 Å². The fourth-order valence-electron chi connectivity index (χ4n) is 2.14. The van der Waals surface area contributed by atoms with Gasteiger partial charge >= 0.3 is 18.5 Å². The number of aryl methyl sites for hydroxylation is 1. The first kappa shape index (κ1) is 24.6. The number of alkyl halides is 7.